The maximum Gasteiger partial charge on any atom is 0.337 e. The van der Waals surface area contributed by atoms with E-state index in [9.17, 15) is 14.7 Å². The summed E-state index contributed by atoms with van der Waals surface area (Å²) in [5.41, 5.74) is 6.21. The predicted molar refractivity (Wildman–Crippen MR) is 192 cm³/mol. The van der Waals surface area contributed by atoms with Crippen LogP contribution in [-0.4, -0.2) is 72.6 Å². The van der Waals surface area contributed by atoms with Crippen LogP contribution < -0.4 is 10.1 Å². The minimum Gasteiger partial charge on any atom is -0.490 e. The number of benzene rings is 2. The van der Waals surface area contributed by atoms with Gasteiger partial charge in [-0.25, -0.2) is 14.2 Å². The summed E-state index contributed by atoms with van der Waals surface area (Å²) >= 11 is 0. The van der Waals surface area contributed by atoms with Crippen molar-refractivity contribution in [3.05, 3.63) is 76.0 Å². The Kier molecular flexibility index (Phi) is 8.87. The van der Waals surface area contributed by atoms with Crippen LogP contribution in [0.3, 0.4) is 0 Å². The number of hydrogen-bond donors (Lipinski definition) is 2. The minimum absolute atomic E-state index is 0.0199. The van der Waals surface area contributed by atoms with Gasteiger partial charge >= 0.3 is 5.97 Å². The Hall–Kier alpha value is -4.81. The second kappa shape index (κ2) is 13.1. The van der Waals surface area contributed by atoms with Gasteiger partial charge in [-0.1, -0.05) is 0 Å². The normalized spacial score (nSPS) is 17.1. The molecule has 0 bridgehead atoms. The summed E-state index contributed by atoms with van der Waals surface area (Å²) in [6.07, 6.45) is 2.66. The molecule has 0 saturated carbocycles. The number of ether oxygens (including phenoxy) is 2. The van der Waals surface area contributed by atoms with E-state index in [1.807, 2.05) is 70.6 Å². The quantitative estimate of drug-likeness (QED) is 0.198. The van der Waals surface area contributed by atoms with E-state index < -0.39 is 23.5 Å². The molecule has 2 aliphatic heterocycles. The molecule has 2 N–H and O–H groups in total. The number of halogens is 1. The third-order valence-electron chi connectivity index (χ3n) is 10.2. The molecule has 268 valence electrons. The van der Waals surface area contributed by atoms with Crippen molar-refractivity contribution in [2.45, 2.75) is 78.2 Å². The number of pyridine rings is 1. The number of aryl methyl sites for hydroxylation is 3. The van der Waals surface area contributed by atoms with Gasteiger partial charge in [0.15, 0.2) is 17.7 Å². The fraction of sp³-hybridized carbons (Fsp3) is 0.436. The molecule has 5 heterocycles. The second-order valence-electron chi connectivity index (χ2n) is 14.9. The van der Waals surface area contributed by atoms with E-state index in [1.165, 1.54) is 6.07 Å². The van der Waals surface area contributed by atoms with Crippen molar-refractivity contribution in [1.29, 1.82) is 0 Å². The Balaban J connectivity index is 1.24. The fourth-order valence-corrected chi connectivity index (χ4v) is 7.67. The Morgan fingerprint density at radius 1 is 1.18 bits per heavy atom. The highest BCUT2D eigenvalue weighted by atomic mass is 19.1. The van der Waals surface area contributed by atoms with Crippen molar-refractivity contribution < 1.29 is 28.6 Å². The fourth-order valence-electron chi connectivity index (χ4n) is 7.67. The van der Waals surface area contributed by atoms with Gasteiger partial charge in [-0.15, -0.1) is 0 Å². The second-order valence-corrected chi connectivity index (χ2v) is 14.9. The van der Waals surface area contributed by atoms with Crippen LogP contribution in [0.2, 0.25) is 0 Å². The highest BCUT2D eigenvalue weighted by Crippen LogP contribution is 2.45. The Morgan fingerprint density at radius 2 is 1.96 bits per heavy atom. The molecule has 7 rings (SSSR count). The zero-order chi connectivity index (χ0) is 36.4. The largest absolute Gasteiger partial charge is 0.490 e. The highest BCUT2D eigenvalue weighted by Gasteiger charge is 2.35. The number of aliphatic carboxylic acids is 1. The van der Waals surface area contributed by atoms with Gasteiger partial charge in [-0.2, -0.15) is 5.10 Å². The standard InChI is InChI=1S/C39H45FN6O5/c1-21-27-9-8-14-50-34(27)30(40)17-28(21)33-29-16-26(44(6)36(29)42-22(2)32(33)35(38(48)49)51-39(3,4)5)20-46-13-12-25(19-46)43-37(47)23-10-11-31-24(15-23)18-41-45(31)7/h10-11,15-18,25,35H,8-9,12-14,19-20H2,1-7H3,(H,43,47)(H,48,49)/t25-,35+/m1/s1. The molecular weight excluding hydrogens is 651 g/mol. The van der Waals surface area contributed by atoms with Crippen molar-refractivity contribution in [2.75, 3.05) is 19.7 Å². The lowest BCUT2D eigenvalue weighted by Gasteiger charge is -2.29. The molecule has 1 amide bonds. The third kappa shape index (κ3) is 6.46. The van der Waals surface area contributed by atoms with Crippen molar-refractivity contribution in [3.63, 3.8) is 0 Å². The van der Waals surface area contributed by atoms with Crippen LogP contribution in [0.25, 0.3) is 33.1 Å². The van der Waals surface area contributed by atoms with Gasteiger partial charge in [-0.05, 0) is 95.3 Å². The summed E-state index contributed by atoms with van der Waals surface area (Å²) in [4.78, 5) is 33.4. The van der Waals surface area contributed by atoms with Crippen molar-refractivity contribution in [2.24, 2.45) is 14.1 Å². The first-order valence-electron chi connectivity index (χ1n) is 17.5. The molecule has 12 heteroatoms. The molecule has 2 aliphatic rings. The van der Waals surface area contributed by atoms with Gasteiger partial charge in [0, 0.05) is 84.2 Å². The van der Waals surface area contributed by atoms with Gasteiger partial charge in [0.25, 0.3) is 5.91 Å². The van der Waals surface area contributed by atoms with Crippen LogP contribution in [0.5, 0.6) is 5.75 Å². The lowest BCUT2D eigenvalue weighted by Crippen LogP contribution is -2.37. The monoisotopic (exact) mass is 696 g/mol. The number of carboxylic acids is 1. The van der Waals surface area contributed by atoms with E-state index in [-0.39, 0.29) is 17.7 Å². The molecule has 0 radical (unpaired) electrons. The molecule has 5 aromatic rings. The summed E-state index contributed by atoms with van der Waals surface area (Å²) in [6, 6.07) is 9.10. The van der Waals surface area contributed by atoms with Crippen LogP contribution in [0.15, 0.2) is 36.5 Å². The van der Waals surface area contributed by atoms with E-state index in [4.69, 9.17) is 14.5 Å². The molecule has 0 unspecified atom stereocenters. The number of amides is 1. The maximum atomic E-state index is 15.8. The van der Waals surface area contributed by atoms with Gasteiger partial charge in [-0.3, -0.25) is 14.4 Å². The smallest absolute Gasteiger partial charge is 0.337 e. The number of fused-ring (bicyclic) bond motifs is 3. The summed E-state index contributed by atoms with van der Waals surface area (Å²) < 4.78 is 31.5. The molecular formula is C39H45FN6O5. The van der Waals surface area contributed by atoms with Crippen LogP contribution in [0, 0.1) is 19.7 Å². The highest BCUT2D eigenvalue weighted by molar-refractivity contribution is 6.00. The zero-order valence-corrected chi connectivity index (χ0v) is 30.3. The van der Waals surface area contributed by atoms with Crippen molar-refractivity contribution >= 4 is 33.8 Å². The molecule has 1 saturated heterocycles. The van der Waals surface area contributed by atoms with E-state index >= 15 is 4.39 Å². The van der Waals surface area contributed by atoms with E-state index in [0.29, 0.717) is 59.7 Å². The minimum atomic E-state index is -1.34. The molecule has 2 aromatic carbocycles. The molecule has 0 spiro atoms. The Bertz CT molecular complexity index is 2200. The number of likely N-dealkylation sites (tertiary alicyclic amines) is 1. The van der Waals surface area contributed by atoms with Crippen LogP contribution in [0.4, 0.5) is 4.39 Å². The number of carbonyl (C=O) groups is 2. The Labute approximate surface area is 296 Å². The lowest BCUT2D eigenvalue weighted by molar-refractivity contribution is -0.160. The molecule has 1 fully saturated rings. The Morgan fingerprint density at radius 3 is 2.71 bits per heavy atom. The third-order valence-corrected chi connectivity index (χ3v) is 10.2. The predicted octanol–water partition coefficient (Wildman–Crippen LogP) is 6.15. The summed E-state index contributed by atoms with van der Waals surface area (Å²) in [6.45, 7) is 11.7. The zero-order valence-electron chi connectivity index (χ0n) is 30.3. The SMILES string of the molecule is Cc1nc2c(cc(CN3CC[C@@H](NC(=O)c4ccc5c(cnn5C)c4)C3)n2C)c(-c2cc(F)c3c(c2C)CCCO3)c1[C@H](OC(C)(C)C)C(=O)O. The maximum absolute atomic E-state index is 15.8. The number of carbonyl (C=O) groups excluding carboxylic acids is 1. The number of carboxylic acid groups (broad SMARTS) is 1. The van der Waals surface area contributed by atoms with E-state index in [2.05, 4.69) is 15.3 Å². The van der Waals surface area contributed by atoms with Gasteiger partial charge in [0.2, 0.25) is 0 Å². The first-order chi connectivity index (χ1) is 24.2. The average molecular weight is 697 g/mol. The summed E-state index contributed by atoms with van der Waals surface area (Å²) in [5, 5.41) is 19.7. The number of hydrogen-bond acceptors (Lipinski definition) is 7. The number of rotatable bonds is 8. The molecule has 3 aromatic heterocycles. The van der Waals surface area contributed by atoms with Crippen LogP contribution >= 0.6 is 0 Å². The first kappa shape index (κ1) is 34.6. The van der Waals surface area contributed by atoms with E-state index in [1.54, 1.807) is 17.8 Å². The topological polar surface area (TPSA) is 124 Å². The van der Waals surface area contributed by atoms with Crippen molar-refractivity contribution in [3.8, 4) is 16.9 Å². The van der Waals surface area contributed by atoms with Gasteiger partial charge in [0.05, 0.1) is 23.9 Å². The van der Waals surface area contributed by atoms with Crippen molar-refractivity contribution in [1.82, 2.24) is 29.5 Å². The lowest BCUT2D eigenvalue weighted by atomic mass is 9.86. The summed E-state index contributed by atoms with van der Waals surface area (Å²) in [7, 11) is 3.83. The van der Waals surface area contributed by atoms with E-state index in [0.717, 1.165) is 52.5 Å². The summed E-state index contributed by atoms with van der Waals surface area (Å²) in [5.74, 6) is -1.45. The van der Waals surface area contributed by atoms with Crippen LogP contribution in [-0.2, 0) is 36.6 Å². The number of aromatic nitrogens is 4. The van der Waals surface area contributed by atoms with Gasteiger partial charge < -0.3 is 24.5 Å². The molecule has 11 nitrogen and oxygen atoms in total. The molecule has 51 heavy (non-hydrogen) atoms. The number of nitrogens with zero attached hydrogens (tertiary/aromatic N) is 5. The van der Waals surface area contributed by atoms with Crippen LogP contribution in [0.1, 0.15) is 78.2 Å². The van der Waals surface area contributed by atoms with Gasteiger partial charge in [0.1, 0.15) is 5.65 Å². The number of nitrogens with one attached hydrogen (secondary N) is 1. The molecule has 2 atom stereocenters. The molecule has 0 aliphatic carbocycles. The first-order valence-corrected chi connectivity index (χ1v) is 17.5. The average Bonchev–Trinajstić information content (AvgIpc) is 3.77.